The quantitative estimate of drug-likeness (QED) is 0.0289. The monoisotopic (exact) mass is 799 g/mol. The summed E-state index contributed by atoms with van der Waals surface area (Å²) in [7, 11) is -4.63. The largest absolute Gasteiger partial charge is 0.407 e. The van der Waals surface area contributed by atoms with Gasteiger partial charge in [-0.05, 0) is 28.7 Å². The number of hydrogen-bond acceptors (Lipinski definition) is 5. The van der Waals surface area contributed by atoms with Crippen molar-refractivity contribution in [1.29, 1.82) is 0 Å². The minimum atomic E-state index is -4.63. The van der Waals surface area contributed by atoms with Gasteiger partial charge >= 0.3 is 7.75 Å². The molecular formula is C49H70NO6P. The zero-order valence-electron chi connectivity index (χ0n) is 34.6. The Hall–Kier alpha value is -3.13. The van der Waals surface area contributed by atoms with Gasteiger partial charge in [-0.25, -0.2) is 4.57 Å². The lowest BCUT2D eigenvalue weighted by molar-refractivity contribution is -0.0495. The van der Waals surface area contributed by atoms with Crippen LogP contribution in [0.2, 0.25) is 0 Å². The molecule has 0 bridgehead atoms. The van der Waals surface area contributed by atoms with E-state index in [1.165, 1.54) is 94.6 Å². The second kappa shape index (κ2) is 27.5. The molecule has 312 valence electrons. The number of nitrogens with zero attached hydrogens (tertiary/aromatic N) is 1. The summed E-state index contributed by atoms with van der Waals surface area (Å²) in [5.74, 6) is 0. The molecule has 0 radical (unpaired) electrons. The van der Waals surface area contributed by atoms with Crippen molar-refractivity contribution < 1.29 is 28.6 Å². The second-order valence-corrected chi connectivity index (χ2v) is 17.0. The molecular weight excluding hydrogens is 730 g/mol. The summed E-state index contributed by atoms with van der Waals surface area (Å²) in [4.78, 5) is 12.0. The summed E-state index contributed by atoms with van der Waals surface area (Å²) in [5, 5.41) is 10.4. The Labute approximate surface area is 344 Å². The van der Waals surface area contributed by atoms with Crippen molar-refractivity contribution in [1.82, 2.24) is 4.67 Å². The maximum atomic E-state index is 14.7. The average Bonchev–Trinajstić information content (AvgIpc) is 3.25. The Morgan fingerprint density at radius 2 is 0.982 bits per heavy atom. The summed E-state index contributed by atoms with van der Waals surface area (Å²) in [6.45, 7) is 2.75. The molecule has 2 N–H and O–H groups in total. The Morgan fingerprint density at radius 3 is 1.40 bits per heavy atom. The number of aliphatic hydroxyl groups is 1. The molecule has 0 spiro atoms. The minimum Gasteiger partial charge on any atom is -0.395 e. The van der Waals surface area contributed by atoms with Gasteiger partial charge in [0.15, 0.2) is 0 Å². The molecule has 0 amide bonds. The van der Waals surface area contributed by atoms with Gasteiger partial charge in [-0.15, -0.1) is 0 Å². The summed E-state index contributed by atoms with van der Waals surface area (Å²) in [6, 6.07) is 38.8. The molecule has 57 heavy (non-hydrogen) atoms. The van der Waals surface area contributed by atoms with Crippen LogP contribution in [0.15, 0.2) is 121 Å². The van der Waals surface area contributed by atoms with E-state index >= 15 is 0 Å². The number of rotatable bonds is 32. The highest BCUT2D eigenvalue weighted by Crippen LogP contribution is 2.58. The van der Waals surface area contributed by atoms with Crippen molar-refractivity contribution in [2.45, 2.75) is 128 Å². The van der Waals surface area contributed by atoms with Gasteiger partial charge in [0.2, 0.25) is 0 Å². The van der Waals surface area contributed by atoms with Crippen LogP contribution in [-0.2, 0) is 30.7 Å². The van der Waals surface area contributed by atoms with Crippen LogP contribution in [0.5, 0.6) is 0 Å². The number of benzene rings is 4. The van der Waals surface area contributed by atoms with E-state index in [4.69, 9.17) is 14.0 Å². The van der Waals surface area contributed by atoms with Crippen LogP contribution in [0.1, 0.15) is 132 Å². The van der Waals surface area contributed by atoms with Gasteiger partial charge in [-0.2, -0.15) is 4.67 Å². The molecule has 0 heterocycles. The summed E-state index contributed by atoms with van der Waals surface area (Å²) in [5.41, 5.74) is 2.04. The van der Waals surface area contributed by atoms with Crippen LogP contribution < -0.4 is 0 Å². The summed E-state index contributed by atoms with van der Waals surface area (Å²) >= 11 is 0. The van der Waals surface area contributed by atoms with E-state index in [1.54, 1.807) is 0 Å². The fourth-order valence-corrected chi connectivity index (χ4v) is 9.28. The molecule has 0 saturated heterocycles. The van der Waals surface area contributed by atoms with Crippen LogP contribution in [0, 0.1) is 0 Å². The number of hydrogen-bond donors (Lipinski definition) is 2. The summed E-state index contributed by atoms with van der Waals surface area (Å²) in [6.07, 6.45) is 20.5. The van der Waals surface area contributed by atoms with E-state index in [0.717, 1.165) is 35.1 Å². The van der Waals surface area contributed by atoms with Crippen LogP contribution in [0.4, 0.5) is 0 Å². The Morgan fingerprint density at radius 1 is 0.579 bits per heavy atom. The van der Waals surface area contributed by atoms with Gasteiger partial charge in [-0.3, -0.25) is 4.52 Å². The highest BCUT2D eigenvalue weighted by molar-refractivity contribution is 7.50. The van der Waals surface area contributed by atoms with E-state index in [1.807, 2.05) is 121 Å². The molecule has 7 nitrogen and oxygen atoms in total. The van der Waals surface area contributed by atoms with Gasteiger partial charge in [-0.1, -0.05) is 225 Å². The SMILES string of the molecule is CCCCCCCCCCCCCCCCCCOC[C@H](COP(=O)(O)N(CCO)C(c1ccccc1)(c1ccccc1)c1ccccc1)OCc1ccccc1. The van der Waals surface area contributed by atoms with E-state index in [2.05, 4.69) is 6.92 Å². The van der Waals surface area contributed by atoms with E-state index in [0.29, 0.717) is 13.2 Å². The molecule has 0 saturated carbocycles. The summed E-state index contributed by atoms with van der Waals surface area (Å²) < 4.78 is 34.6. The maximum absolute atomic E-state index is 14.7. The first-order valence-electron chi connectivity index (χ1n) is 21.8. The van der Waals surface area contributed by atoms with E-state index in [-0.39, 0.29) is 26.4 Å². The van der Waals surface area contributed by atoms with Crippen molar-refractivity contribution in [3.63, 3.8) is 0 Å². The number of unbranched alkanes of at least 4 members (excludes halogenated alkanes) is 15. The maximum Gasteiger partial charge on any atom is 0.407 e. The average molecular weight is 800 g/mol. The number of aliphatic hydroxyl groups excluding tert-OH is 1. The molecule has 4 rings (SSSR count). The Balaban J connectivity index is 1.33. The molecule has 0 aliphatic rings. The van der Waals surface area contributed by atoms with Crippen LogP contribution in [0.25, 0.3) is 0 Å². The van der Waals surface area contributed by atoms with Crippen molar-refractivity contribution >= 4 is 7.75 Å². The second-order valence-electron chi connectivity index (χ2n) is 15.2. The predicted octanol–water partition coefficient (Wildman–Crippen LogP) is 12.3. The van der Waals surface area contributed by atoms with Gasteiger partial charge in [0.05, 0.1) is 26.4 Å². The van der Waals surface area contributed by atoms with E-state index in [9.17, 15) is 14.6 Å². The highest BCUT2D eigenvalue weighted by Gasteiger charge is 2.50. The fourth-order valence-electron chi connectivity index (χ4n) is 7.71. The molecule has 0 aromatic heterocycles. The molecule has 1 unspecified atom stereocenters. The fraction of sp³-hybridized carbons (Fsp3) is 0.510. The molecule has 0 aliphatic carbocycles. The van der Waals surface area contributed by atoms with Crippen molar-refractivity contribution in [3.05, 3.63) is 144 Å². The van der Waals surface area contributed by atoms with Crippen molar-refractivity contribution in [2.24, 2.45) is 0 Å². The molecule has 0 fully saturated rings. The zero-order valence-corrected chi connectivity index (χ0v) is 35.5. The lowest BCUT2D eigenvalue weighted by Crippen LogP contribution is -2.48. The smallest absolute Gasteiger partial charge is 0.395 e. The third-order valence-electron chi connectivity index (χ3n) is 10.8. The minimum absolute atomic E-state index is 0.127. The first-order valence-corrected chi connectivity index (χ1v) is 23.3. The lowest BCUT2D eigenvalue weighted by Gasteiger charge is -2.46. The van der Waals surface area contributed by atoms with Gasteiger partial charge in [0.25, 0.3) is 0 Å². The van der Waals surface area contributed by atoms with Gasteiger partial charge in [0.1, 0.15) is 11.6 Å². The number of ether oxygens (including phenoxy) is 2. The first-order chi connectivity index (χ1) is 28.0. The molecule has 0 aliphatic heterocycles. The standard InChI is InChI=1S/C49H70NO6P/c1-2-3-4-5-6-7-8-9-10-11-12-13-14-15-16-29-40-54-42-48(55-41-44-30-21-17-22-31-44)43-56-57(52,53)50(38-39-51)49(45-32-23-18-24-33-45,46-34-25-19-26-35-46)47-36-27-20-28-37-47/h17-28,30-37,48,51H,2-16,29,38-43H2,1H3,(H,52,53)/t48-/m1/s1. The first kappa shape index (κ1) is 46.6. The lowest BCUT2D eigenvalue weighted by atomic mass is 9.77. The van der Waals surface area contributed by atoms with Crippen LogP contribution in [-0.4, -0.2) is 53.7 Å². The predicted molar refractivity (Wildman–Crippen MR) is 234 cm³/mol. The van der Waals surface area contributed by atoms with Crippen LogP contribution in [0.3, 0.4) is 0 Å². The zero-order chi connectivity index (χ0) is 40.3. The third-order valence-corrected chi connectivity index (χ3v) is 12.4. The Kier molecular flexibility index (Phi) is 22.5. The molecule has 4 aromatic carbocycles. The topological polar surface area (TPSA) is 88.5 Å². The van der Waals surface area contributed by atoms with Crippen molar-refractivity contribution in [2.75, 3.05) is 33.0 Å². The molecule has 2 atom stereocenters. The third kappa shape index (κ3) is 15.9. The van der Waals surface area contributed by atoms with Gasteiger partial charge in [0, 0.05) is 13.2 Å². The van der Waals surface area contributed by atoms with Crippen LogP contribution >= 0.6 is 7.75 Å². The molecule has 4 aromatic rings. The van der Waals surface area contributed by atoms with Gasteiger partial charge < -0.3 is 19.5 Å². The van der Waals surface area contributed by atoms with E-state index < -0.39 is 19.4 Å². The molecule has 8 heteroatoms. The normalized spacial score (nSPS) is 13.5. The highest BCUT2D eigenvalue weighted by atomic mass is 31.2. The Bertz CT molecular complexity index is 1510. The van der Waals surface area contributed by atoms with Crippen molar-refractivity contribution in [3.8, 4) is 0 Å².